The van der Waals surface area contributed by atoms with Crippen LogP contribution in [0.4, 0.5) is 0 Å². The van der Waals surface area contributed by atoms with Crippen molar-refractivity contribution in [2.24, 2.45) is 0 Å². The molecule has 3 aromatic rings. The lowest BCUT2D eigenvalue weighted by atomic mass is 9.89. The van der Waals surface area contributed by atoms with E-state index in [4.69, 9.17) is 0 Å². The van der Waals surface area contributed by atoms with Crippen molar-refractivity contribution in [2.75, 3.05) is 0 Å². The molecule has 3 aromatic carbocycles. The molecule has 0 amide bonds. The van der Waals surface area contributed by atoms with Gasteiger partial charge in [-0.25, -0.2) is 13.1 Å². The smallest absolute Gasteiger partial charge is 0.207 e. The zero-order valence-corrected chi connectivity index (χ0v) is 16.4. The van der Waals surface area contributed by atoms with E-state index in [1.165, 1.54) is 24.0 Å². The van der Waals surface area contributed by atoms with Crippen LogP contribution in [0.5, 0.6) is 0 Å². The monoisotopic (exact) mass is 379 g/mol. The van der Waals surface area contributed by atoms with Crippen LogP contribution in [-0.4, -0.2) is 8.42 Å². The van der Waals surface area contributed by atoms with Crippen molar-refractivity contribution in [3.63, 3.8) is 0 Å². The fourth-order valence-electron chi connectivity index (χ4n) is 3.95. The Hall–Kier alpha value is -2.17. The van der Waals surface area contributed by atoms with Gasteiger partial charge in [0.25, 0.3) is 0 Å². The molecule has 140 valence electrons. The summed E-state index contributed by atoms with van der Waals surface area (Å²) in [6, 6.07) is 19.4. The normalized spacial score (nSPS) is 15.4. The van der Waals surface area contributed by atoms with E-state index in [2.05, 4.69) is 22.9 Å². The van der Waals surface area contributed by atoms with Crippen LogP contribution in [0.2, 0.25) is 0 Å². The van der Waals surface area contributed by atoms with Crippen molar-refractivity contribution in [3.05, 3.63) is 77.4 Å². The molecule has 27 heavy (non-hydrogen) atoms. The number of nitrogens with one attached hydrogen (secondary N) is 1. The summed E-state index contributed by atoms with van der Waals surface area (Å²) in [7, 11) is -3.58. The second-order valence-corrected chi connectivity index (χ2v) is 9.04. The molecule has 0 saturated carbocycles. The molecule has 0 aromatic heterocycles. The number of rotatable bonds is 5. The summed E-state index contributed by atoms with van der Waals surface area (Å²) in [5.74, 6) is 0. The summed E-state index contributed by atoms with van der Waals surface area (Å²) in [4.78, 5) is 0.317. The predicted molar refractivity (Wildman–Crippen MR) is 110 cm³/mol. The maximum Gasteiger partial charge on any atom is 0.241 e. The van der Waals surface area contributed by atoms with Gasteiger partial charge in [0, 0.05) is 6.04 Å². The number of sulfonamides is 1. The van der Waals surface area contributed by atoms with Crippen LogP contribution in [-0.2, 0) is 22.9 Å². The molecular weight excluding hydrogens is 354 g/mol. The molecular formula is C23H25NO2S. The first kappa shape index (κ1) is 18.2. The summed E-state index contributed by atoms with van der Waals surface area (Å²) in [5, 5.41) is 1.97. The van der Waals surface area contributed by atoms with Gasteiger partial charge >= 0.3 is 0 Å². The lowest BCUT2D eigenvalue weighted by Crippen LogP contribution is -2.28. The van der Waals surface area contributed by atoms with E-state index in [0.29, 0.717) is 11.3 Å². The first-order valence-electron chi connectivity index (χ1n) is 9.69. The highest BCUT2D eigenvalue weighted by molar-refractivity contribution is 7.89. The lowest BCUT2D eigenvalue weighted by Gasteiger charge is -2.22. The molecule has 4 heteroatoms. The van der Waals surface area contributed by atoms with Crippen LogP contribution in [0, 0.1) is 0 Å². The summed E-state index contributed by atoms with van der Waals surface area (Å²) >= 11 is 0. The largest absolute Gasteiger partial charge is 0.241 e. The molecule has 4 rings (SSSR count). The van der Waals surface area contributed by atoms with Gasteiger partial charge in [-0.2, -0.15) is 0 Å². The van der Waals surface area contributed by atoms with E-state index < -0.39 is 10.0 Å². The second-order valence-electron chi connectivity index (χ2n) is 7.33. The van der Waals surface area contributed by atoms with Gasteiger partial charge < -0.3 is 0 Å². The van der Waals surface area contributed by atoms with E-state index in [1.807, 2.05) is 37.3 Å². The topological polar surface area (TPSA) is 46.2 Å². The molecule has 0 spiro atoms. The molecule has 0 saturated heterocycles. The molecule has 1 atom stereocenters. The third-order valence-corrected chi connectivity index (χ3v) is 6.98. The molecule has 1 unspecified atom stereocenters. The van der Waals surface area contributed by atoms with Crippen LogP contribution >= 0.6 is 0 Å². The molecule has 0 heterocycles. The maximum atomic E-state index is 13.0. The average molecular weight is 380 g/mol. The van der Waals surface area contributed by atoms with Crippen LogP contribution in [0.25, 0.3) is 10.8 Å². The summed E-state index contributed by atoms with van der Waals surface area (Å²) < 4.78 is 28.9. The van der Waals surface area contributed by atoms with Gasteiger partial charge in [0.1, 0.15) is 0 Å². The van der Waals surface area contributed by atoms with Crippen molar-refractivity contribution in [2.45, 2.75) is 50.0 Å². The Balaban J connectivity index is 1.63. The first-order valence-corrected chi connectivity index (χ1v) is 11.2. The van der Waals surface area contributed by atoms with Crippen LogP contribution in [0.3, 0.4) is 0 Å². The van der Waals surface area contributed by atoms with Gasteiger partial charge in [0.2, 0.25) is 10.0 Å². The SMILES string of the molecule is CCC(NS(=O)(=O)c1ccc2ccccc2c1)c1ccc2c(c1)CCCC2. The Bertz CT molecular complexity index is 1070. The first-order chi connectivity index (χ1) is 13.1. The molecule has 1 aliphatic carbocycles. The highest BCUT2D eigenvalue weighted by atomic mass is 32.2. The lowest BCUT2D eigenvalue weighted by molar-refractivity contribution is 0.549. The van der Waals surface area contributed by atoms with E-state index >= 15 is 0 Å². The summed E-state index contributed by atoms with van der Waals surface area (Å²) in [6.45, 7) is 2.02. The fourth-order valence-corrected chi connectivity index (χ4v) is 5.29. The molecule has 1 aliphatic rings. The molecule has 0 fully saturated rings. The highest BCUT2D eigenvalue weighted by Gasteiger charge is 2.21. The van der Waals surface area contributed by atoms with E-state index in [1.54, 1.807) is 12.1 Å². The van der Waals surface area contributed by atoms with Gasteiger partial charge in [0.05, 0.1) is 4.90 Å². The van der Waals surface area contributed by atoms with E-state index in [9.17, 15) is 8.42 Å². The number of benzene rings is 3. The van der Waals surface area contributed by atoms with Crippen LogP contribution in [0.1, 0.15) is 48.9 Å². The van der Waals surface area contributed by atoms with Crippen molar-refractivity contribution >= 4 is 20.8 Å². The third-order valence-electron chi connectivity index (χ3n) is 5.51. The van der Waals surface area contributed by atoms with Gasteiger partial charge in [-0.1, -0.05) is 55.5 Å². The number of hydrogen-bond donors (Lipinski definition) is 1. The van der Waals surface area contributed by atoms with Crippen molar-refractivity contribution in [1.82, 2.24) is 4.72 Å². The van der Waals surface area contributed by atoms with Gasteiger partial charge in [-0.05, 0) is 71.7 Å². The fraction of sp³-hybridized carbons (Fsp3) is 0.304. The molecule has 3 nitrogen and oxygen atoms in total. The Labute approximate surface area is 161 Å². The van der Waals surface area contributed by atoms with Crippen molar-refractivity contribution in [3.8, 4) is 0 Å². The minimum absolute atomic E-state index is 0.214. The van der Waals surface area contributed by atoms with Crippen molar-refractivity contribution in [1.29, 1.82) is 0 Å². The van der Waals surface area contributed by atoms with Gasteiger partial charge in [-0.15, -0.1) is 0 Å². The second kappa shape index (κ2) is 7.45. The van der Waals surface area contributed by atoms with Crippen LogP contribution < -0.4 is 4.72 Å². The third kappa shape index (κ3) is 3.78. The Morgan fingerprint density at radius 1 is 0.889 bits per heavy atom. The van der Waals surface area contributed by atoms with E-state index in [-0.39, 0.29) is 6.04 Å². The molecule has 0 bridgehead atoms. The average Bonchev–Trinajstić information content (AvgIpc) is 2.71. The number of hydrogen-bond acceptors (Lipinski definition) is 2. The summed E-state index contributed by atoms with van der Waals surface area (Å²) in [5.41, 5.74) is 3.85. The minimum Gasteiger partial charge on any atom is -0.207 e. The molecule has 1 N–H and O–H groups in total. The minimum atomic E-state index is -3.58. The zero-order valence-electron chi connectivity index (χ0n) is 15.6. The molecule has 0 radical (unpaired) electrons. The van der Waals surface area contributed by atoms with Crippen molar-refractivity contribution < 1.29 is 8.42 Å². The number of aryl methyl sites for hydroxylation is 2. The van der Waals surface area contributed by atoms with Gasteiger partial charge in [-0.3, -0.25) is 0 Å². The van der Waals surface area contributed by atoms with E-state index in [0.717, 1.165) is 29.2 Å². The Morgan fingerprint density at radius 3 is 2.41 bits per heavy atom. The maximum absolute atomic E-state index is 13.0. The molecule has 0 aliphatic heterocycles. The Morgan fingerprint density at radius 2 is 1.63 bits per heavy atom. The highest BCUT2D eigenvalue weighted by Crippen LogP contribution is 2.27. The zero-order chi connectivity index (χ0) is 18.9. The summed E-state index contributed by atoms with van der Waals surface area (Å²) in [6.07, 6.45) is 5.41. The standard InChI is InChI=1S/C23H25NO2S/c1-2-23(21-12-11-17-7-3-5-9-19(17)15-21)24-27(25,26)22-14-13-18-8-4-6-10-20(18)16-22/h4,6,8,10-16,23-24H,2-3,5,7,9H2,1H3. The predicted octanol–water partition coefficient (Wildman–Crippen LogP) is 5.15. The van der Waals surface area contributed by atoms with Gasteiger partial charge in [0.15, 0.2) is 0 Å². The Kier molecular flexibility index (Phi) is 5.02. The number of fused-ring (bicyclic) bond motifs is 2. The van der Waals surface area contributed by atoms with Crippen LogP contribution in [0.15, 0.2) is 65.6 Å². The quantitative estimate of drug-likeness (QED) is 0.666.